The molecule has 0 aliphatic heterocycles. The highest BCUT2D eigenvalue weighted by molar-refractivity contribution is 7.13. The van der Waals surface area contributed by atoms with Crippen molar-refractivity contribution < 1.29 is 9.63 Å². The fourth-order valence-electron chi connectivity index (χ4n) is 1.61. The third kappa shape index (κ3) is 1.76. The zero-order valence-electron chi connectivity index (χ0n) is 9.49. The first kappa shape index (κ1) is 10.9. The number of aromatic nitrogens is 3. The Kier molecular flexibility index (Phi) is 2.56. The molecule has 0 saturated heterocycles. The first-order chi connectivity index (χ1) is 8.75. The van der Waals surface area contributed by atoms with Gasteiger partial charge in [0.05, 0.1) is 0 Å². The Hall–Kier alpha value is -2.21. The molecule has 0 radical (unpaired) electrons. The second-order valence-corrected chi connectivity index (χ2v) is 4.66. The molecule has 1 N–H and O–H groups in total. The van der Waals surface area contributed by atoms with E-state index in [-0.39, 0.29) is 5.75 Å². The van der Waals surface area contributed by atoms with Crippen LogP contribution in [0, 0.1) is 6.92 Å². The second kappa shape index (κ2) is 4.23. The number of nitrogens with zero attached hydrogens (tertiary/aromatic N) is 3. The van der Waals surface area contributed by atoms with Gasteiger partial charge in [0.2, 0.25) is 5.82 Å². The molecular formula is C12H9N3O2S. The van der Waals surface area contributed by atoms with Crippen molar-refractivity contribution in [1.82, 2.24) is 15.1 Å². The highest BCUT2D eigenvalue weighted by atomic mass is 32.1. The minimum Gasteiger partial charge on any atom is -0.506 e. The number of aromatic hydroxyl groups is 1. The third-order valence-electron chi connectivity index (χ3n) is 2.53. The highest BCUT2D eigenvalue weighted by Crippen LogP contribution is 2.34. The van der Waals surface area contributed by atoms with Crippen LogP contribution in [0.1, 0.15) is 5.56 Å². The monoisotopic (exact) mass is 259 g/mol. The van der Waals surface area contributed by atoms with Gasteiger partial charge in [-0.25, -0.2) is 0 Å². The molecule has 5 nitrogen and oxygen atoms in total. The van der Waals surface area contributed by atoms with Gasteiger partial charge in [-0.05, 0) is 30.0 Å². The van der Waals surface area contributed by atoms with Crippen LogP contribution in [0.2, 0.25) is 0 Å². The predicted octanol–water partition coefficient (Wildman–Crippen LogP) is 2.87. The normalized spacial score (nSPS) is 10.7. The van der Waals surface area contributed by atoms with Crippen LogP contribution in [-0.2, 0) is 0 Å². The number of pyridine rings is 1. The van der Waals surface area contributed by atoms with Gasteiger partial charge in [0.15, 0.2) is 0 Å². The van der Waals surface area contributed by atoms with Gasteiger partial charge in [-0.2, -0.15) is 4.98 Å². The van der Waals surface area contributed by atoms with E-state index in [9.17, 15) is 5.11 Å². The minimum atomic E-state index is 0.154. The van der Waals surface area contributed by atoms with Crippen molar-refractivity contribution in [2.24, 2.45) is 0 Å². The molecule has 18 heavy (non-hydrogen) atoms. The van der Waals surface area contributed by atoms with Crippen LogP contribution in [0.4, 0.5) is 0 Å². The van der Waals surface area contributed by atoms with E-state index in [1.165, 1.54) is 11.3 Å². The van der Waals surface area contributed by atoms with Crippen LogP contribution >= 0.6 is 11.3 Å². The lowest BCUT2D eigenvalue weighted by molar-refractivity contribution is 0.427. The number of aryl methyl sites for hydroxylation is 1. The molecule has 3 aromatic rings. The topological polar surface area (TPSA) is 72.0 Å². The summed E-state index contributed by atoms with van der Waals surface area (Å²) in [6.45, 7) is 1.93. The van der Waals surface area contributed by atoms with E-state index in [0.717, 1.165) is 11.1 Å². The number of hydrogen-bond donors (Lipinski definition) is 1. The lowest BCUT2D eigenvalue weighted by atomic mass is 10.1. The lowest BCUT2D eigenvalue weighted by Crippen LogP contribution is -1.86. The molecule has 0 saturated carbocycles. The Morgan fingerprint density at radius 1 is 1.33 bits per heavy atom. The summed E-state index contributed by atoms with van der Waals surface area (Å²) in [5, 5.41) is 15.3. The third-order valence-corrected chi connectivity index (χ3v) is 3.42. The summed E-state index contributed by atoms with van der Waals surface area (Å²) in [5.41, 5.74) is 1.84. The van der Waals surface area contributed by atoms with Crippen molar-refractivity contribution in [1.29, 1.82) is 0 Å². The van der Waals surface area contributed by atoms with Gasteiger partial charge in [-0.15, -0.1) is 11.3 Å². The molecule has 0 aliphatic rings. The summed E-state index contributed by atoms with van der Waals surface area (Å²) in [7, 11) is 0. The summed E-state index contributed by atoms with van der Waals surface area (Å²) < 4.78 is 5.17. The molecule has 0 aromatic carbocycles. The molecule has 0 fully saturated rings. The summed E-state index contributed by atoms with van der Waals surface area (Å²) in [5.74, 6) is 0.980. The Labute approximate surface area is 107 Å². The molecule has 0 aliphatic carbocycles. The first-order valence-electron chi connectivity index (χ1n) is 5.27. The fourth-order valence-corrected chi connectivity index (χ4v) is 2.32. The maximum absolute atomic E-state index is 9.61. The van der Waals surface area contributed by atoms with Gasteiger partial charge in [0.25, 0.3) is 5.89 Å². The predicted molar refractivity (Wildman–Crippen MR) is 67.2 cm³/mol. The second-order valence-electron chi connectivity index (χ2n) is 3.75. The fraction of sp³-hybridized carbons (Fsp3) is 0.0833. The molecule has 3 heterocycles. The largest absolute Gasteiger partial charge is 0.506 e. The minimum absolute atomic E-state index is 0.154. The van der Waals surface area contributed by atoms with Crippen molar-refractivity contribution in [2.75, 3.05) is 0 Å². The average molecular weight is 259 g/mol. The van der Waals surface area contributed by atoms with E-state index < -0.39 is 0 Å². The SMILES string of the molecule is Cc1cnccc1-c1noc(-c2sccc2O)n1. The Morgan fingerprint density at radius 3 is 2.94 bits per heavy atom. The quantitative estimate of drug-likeness (QED) is 0.766. The van der Waals surface area contributed by atoms with Gasteiger partial charge < -0.3 is 9.63 Å². The van der Waals surface area contributed by atoms with Crippen molar-refractivity contribution in [3.05, 3.63) is 35.5 Å². The van der Waals surface area contributed by atoms with Crippen molar-refractivity contribution >= 4 is 11.3 Å². The van der Waals surface area contributed by atoms with Crippen LogP contribution in [0.3, 0.4) is 0 Å². The summed E-state index contributed by atoms with van der Waals surface area (Å²) in [6, 6.07) is 3.43. The molecule has 0 spiro atoms. The van der Waals surface area contributed by atoms with E-state index >= 15 is 0 Å². The van der Waals surface area contributed by atoms with Crippen molar-refractivity contribution in [3.8, 4) is 27.9 Å². The van der Waals surface area contributed by atoms with Gasteiger partial charge in [0.1, 0.15) is 10.6 Å². The van der Waals surface area contributed by atoms with Crippen LogP contribution in [0.25, 0.3) is 22.2 Å². The molecule has 0 unspecified atom stereocenters. The molecule has 0 atom stereocenters. The van der Waals surface area contributed by atoms with Crippen molar-refractivity contribution in [3.63, 3.8) is 0 Å². The van der Waals surface area contributed by atoms with Crippen LogP contribution in [0.5, 0.6) is 5.75 Å². The Bertz CT molecular complexity index is 690. The summed E-state index contributed by atoms with van der Waals surface area (Å²) >= 11 is 1.36. The summed E-state index contributed by atoms with van der Waals surface area (Å²) in [4.78, 5) is 8.89. The zero-order chi connectivity index (χ0) is 12.5. The molecule has 6 heteroatoms. The zero-order valence-corrected chi connectivity index (χ0v) is 10.3. The van der Waals surface area contributed by atoms with E-state index in [0.29, 0.717) is 16.6 Å². The Balaban J connectivity index is 2.05. The van der Waals surface area contributed by atoms with E-state index in [1.54, 1.807) is 23.8 Å². The Morgan fingerprint density at radius 2 is 2.22 bits per heavy atom. The molecule has 0 bridgehead atoms. The van der Waals surface area contributed by atoms with E-state index in [1.807, 2.05) is 13.0 Å². The average Bonchev–Trinajstić information content (AvgIpc) is 2.98. The molecule has 3 rings (SSSR count). The van der Waals surface area contributed by atoms with Gasteiger partial charge >= 0.3 is 0 Å². The lowest BCUT2D eigenvalue weighted by Gasteiger charge is -1.97. The molecular weight excluding hydrogens is 250 g/mol. The smallest absolute Gasteiger partial charge is 0.272 e. The van der Waals surface area contributed by atoms with Gasteiger partial charge in [-0.1, -0.05) is 5.16 Å². The van der Waals surface area contributed by atoms with Crippen molar-refractivity contribution in [2.45, 2.75) is 6.92 Å². The van der Waals surface area contributed by atoms with E-state index in [4.69, 9.17) is 4.52 Å². The standard InChI is InChI=1S/C12H9N3O2S/c1-7-6-13-4-2-8(7)11-14-12(17-15-11)10-9(16)3-5-18-10/h2-6,16H,1H3. The number of rotatable bonds is 2. The van der Waals surface area contributed by atoms with Crippen LogP contribution in [-0.4, -0.2) is 20.2 Å². The van der Waals surface area contributed by atoms with Crippen LogP contribution in [0.15, 0.2) is 34.4 Å². The number of hydrogen-bond acceptors (Lipinski definition) is 6. The van der Waals surface area contributed by atoms with Gasteiger partial charge in [0, 0.05) is 18.0 Å². The highest BCUT2D eigenvalue weighted by Gasteiger charge is 2.15. The number of thiophene rings is 1. The molecule has 3 aromatic heterocycles. The van der Waals surface area contributed by atoms with E-state index in [2.05, 4.69) is 15.1 Å². The van der Waals surface area contributed by atoms with Gasteiger partial charge in [-0.3, -0.25) is 4.98 Å². The summed E-state index contributed by atoms with van der Waals surface area (Å²) in [6.07, 6.45) is 3.43. The maximum atomic E-state index is 9.61. The maximum Gasteiger partial charge on any atom is 0.272 e. The molecule has 0 amide bonds. The van der Waals surface area contributed by atoms with Crippen LogP contribution < -0.4 is 0 Å². The molecule has 90 valence electrons. The first-order valence-corrected chi connectivity index (χ1v) is 6.15.